The molecule has 0 aromatic heterocycles. The molecule has 0 aromatic rings. The Kier molecular flexibility index (Phi) is 7.40. The summed E-state index contributed by atoms with van der Waals surface area (Å²) in [5.41, 5.74) is -0.899. The molecule has 2 fully saturated rings. The largest absolute Gasteiger partial charge is 0.468 e. The summed E-state index contributed by atoms with van der Waals surface area (Å²) in [7, 11) is 1.43. The van der Waals surface area contributed by atoms with Gasteiger partial charge in [-0.1, -0.05) is 64.2 Å². The number of nitrogens with zero attached hydrogens (tertiary/aromatic N) is 1. The van der Waals surface area contributed by atoms with Crippen LogP contribution >= 0.6 is 0 Å². The van der Waals surface area contributed by atoms with Crippen LogP contribution in [0.5, 0.6) is 0 Å². The topological polar surface area (TPSA) is 50.1 Å². The summed E-state index contributed by atoms with van der Waals surface area (Å²) in [6, 6.07) is 2.37. The Morgan fingerprint density at radius 3 is 1.74 bits per heavy atom. The van der Waals surface area contributed by atoms with E-state index in [0.717, 1.165) is 12.8 Å². The van der Waals surface area contributed by atoms with E-state index in [1.165, 1.54) is 71.3 Å². The second-order valence-electron chi connectivity index (χ2n) is 7.77. The van der Waals surface area contributed by atoms with Gasteiger partial charge in [0, 0.05) is 0 Å². The first-order valence-electron chi connectivity index (χ1n) is 9.70. The van der Waals surface area contributed by atoms with Gasteiger partial charge in [0.25, 0.3) is 0 Å². The molecule has 0 amide bonds. The van der Waals surface area contributed by atoms with Gasteiger partial charge in [-0.15, -0.1) is 0 Å². The summed E-state index contributed by atoms with van der Waals surface area (Å²) in [5.74, 6) is 1.11. The van der Waals surface area contributed by atoms with Crippen molar-refractivity contribution in [3.8, 4) is 6.07 Å². The van der Waals surface area contributed by atoms with Gasteiger partial charge in [-0.05, 0) is 37.5 Å². The van der Waals surface area contributed by atoms with E-state index in [2.05, 4.69) is 6.07 Å². The Balaban J connectivity index is 1.92. The number of methoxy groups -OCH3 is 1. The van der Waals surface area contributed by atoms with E-state index in [-0.39, 0.29) is 5.97 Å². The van der Waals surface area contributed by atoms with E-state index in [1.54, 1.807) is 0 Å². The van der Waals surface area contributed by atoms with Crippen molar-refractivity contribution in [1.29, 1.82) is 5.26 Å². The monoisotopic (exact) mass is 319 g/mol. The van der Waals surface area contributed by atoms with Crippen molar-refractivity contribution in [2.45, 2.75) is 89.9 Å². The summed E-state index contributed by atoms with van der Waals surface area (Å²) in [4.78, 5) is 12.4. The Hall–Kier alpha value is -1.04. The minimum atomic E-state index is -0.899. The molecule has 130 valence electrons. The van der Waals surface area contributed by atoms with Gasteiger partial charge in [0.2, 0.25) is 0 Å². The third-order valence-corrected chi connectivity index (χ3v) is 6.20. The first kappa shape index (κ1) is 18.3. The molecule has 0 aromatic carbocycles. The average Bonchev–Trinajstić information content (AvgIpc) is 2.63. The molecule has 0 unspecified atom stereocenters. The number of ether oxygens (including phenoxy) is 1. The highest BCUT2D eigenvalue weighted by Gasteiger charge is 2.40. The quantitative estimate of drug-likeness (QED) is 0.591. The Bertz CT molecular complexity index is 378. The van der Waals surface area contributed by atoms with Gasteiger partial charge in [-0.3, -0.25) is 4.79 Å². The molecule has 2 aliphatic carbocycles. The van der Waals surface area contributed by atoms with Crippen LogP contribution in [0, 0.1) is 28.6 Å². The minimum absolute atomic E-state index is 0.299. The fourth-order valence-electron chi connectivity index (χ4n) is 4.53. The van der Waals surface area contributed by atoms with E-state index < -0.39 is 5.41 Å². The molecule has 0 saturated heterocycles. The van der Waals surface area contributed by atoms with Gasteiger partial charge in [0.15, 0.2) is 5.41 Å². The third-order valence-electron chi connectivity index (χ3n) is 6.20. The molecule has 2 aliphatic rings. The van der Waals surface area contributed by atoms with Gasteiger partial charge in [0.05, 0.1) is 13.2 Å². The Labute approximate surface area is 141 Å². The van der Waals surface area contributed by atoms with Crippen LogP contribution in [-0.4, -0.2) is 13.1 Å². The Morgan fingerprint density at radius 1 is 0.957 bits per heavy atom. The summed E-state index contributed by atoms with van der Waals surface area (Å²) >= 11 is 0. The summed E-state index contributed by atoms with van der Waals surface area (Å²) in [6.07, 6.45) is 16.4. The molecule has 0 aliphatic heterocycles. The lowest BCUT2D eigenvalue weighted by atomic mass is 9.73. The van der Waals surface area contributed by atoms with Crippen molar-refractivity contribution in [2.24, 2.45) is 17.3 Å². The molecular weight excluding hydrogens is 286 g/mol. The molecule has 0 bridgehead atoms. The van der Waals surface area contributed by atoms with Crippen LogP contribution in [0.25, 0.3) is 0 Å². The standard InChI is InChI=1S/C20H33NO2/c1-23-19(22)20(16-21,14-12-17-8-4-2-5-9-17)15-13-18-10-6-3-7-11-18/h17-18H,2-15H2,1H3. The zero-order valence-corrected chi connectivity index (χ0v) is 14.8. The third kappa shape index (κ3) is 5.23. The van der Waals surface area contributed by atoms with Crippen LogP contribution in [0.2, 0.25) is 0 Å². The zero-order chi connectivity index (χ0) is 16.5. The van der Waals surface area contributed by atoms with E-state index in [4.69, 9.17) is 4.74 Å². The molecule has 0 atom stereocenters. The number of esters is 1. The fourth-order valence-corrected chi connectivity index (χ4v) is 4.53. The number of nitriles is 1. The predicted octanol–water partition coefficient (Wildman–Crippen LogP) is 5.39. The van der Waals surface area contributed by atoms with Crippen molar-refractivity contribution in [3.05, 3.63) is 0 Å². The number of carbonyl (C=O) groups is 1. The van der Waals surface area contributed by atoms with Gasteiger partial charge in [0.1, 0.15) is 0 Å². The number of carbonyl (C=O) groups excluding carboxylic acids is 1. The molecule has 3 nitrogen and oxygen atoms in total. The maximum atomic E-state index is 12.4. The predicted molar refractivity (Wildman–Crippen MR) is 91.7 cm³/mol. The number of rotatable bonds is 7. The second kappa shape index (κ2) is 9.30. The number of hydrogen-bond acceptors (Lipinski definition) is 3. The van der Waals surface area contributed by atoms with Crippen LogP contribution in [0.4, 0.5) is 0 Å². The van der Waals surface area contributed by atoms with E-state index in [0.29, 0.717) is 24.7 Å². The van der Waals surface area contributed by atoms with Crippen molar-refractivity contribution >= 4 is 5.97 Å². The lowest BCUT2D eigenvalue weighted by Crippen LogP contribution is -2.32. The highest BCUT2D eigenvalue weighted by atomic mass is 16.5. The molecule has 3 heteroatoms. The highest BCUT2D eigenvalue weighted by Crippen LogP contribution is 2.38. The van der Waals surface area contributed by atoms with Crippen LogP contribution < -0.4 is 0 Å². The molecule has 0 heterocycles. The first-order valence-corrected chi connectivity index (χ1v) is 9.70. The Morgan fingerprint density at radius 2 is 1.39 bits per heavy atom. The normalized spacial score (nSPS) is 20.9. The number of hydrogen-bond donors (Lipinski definition) is 0. The van der Waals surface area contributed by atoms with Crippen LogP contribution in [0.1, 0.15) is 89.9 Å². The van der Waals surface area contributed by atoms with E-state index in [1.807, 2.05) is 0 Å². The average molecular weight is 319 g/mol. The highest BCUT2D eigenvalue weighted by molar-refractivity contribution is 5.79. The zero-order valence-electron chi connectivity index (χ0n) is 14.8. The molecule has 2 rings (SSSR count). The minimum Gasteiger partial charge on any atom is -0.468 e. The van der Waals surface area contributed by atoms with Gasteiger partial charge in [-0.2, -0.15) is 5.26 Å². The molecule has 0 radical (unpaired) electrons. The fraction of sp³-hybridized carbons (Fsp3) is 0.900. The van der Waals surface area contributed by atoms with Gasteiger partial charge < -0.3 is 4.74 Å². The van der Waals surface area contributed by atoms with Crippen molar-refractivity contribution in [1.82, 2.24) is 0 Å². The van der Waals surface area contributed by atoms with Crippen LogP contribution in [0.15, 0.2) is 0 Å². The SMILES string of the molecule is COC(=O)C(C#N)(CCC1CCCCC1)CCC1CCCCC1. The molecule has 0 spiro atoms. The van der Waals surface area contributed by atoms with Gasteiger partial charge >= 0.3 is 5.97 Å². The first-order chi connectivity index (χ1) is 11.2. The molecule has 0 N–H and O–H groups in total. The molecule has 23 heavy (non-hydrogen) atoms. The lowest BCUT2D eigenvalue weighted by Gasteiger charge is -2.30. The second-order valence-corrected chi connectivity index (χ2v) is 7.77. The maximum Gasteiger partial charge on any atom is 0.326 e. The summed E-state index contributed by atoms with van der Waals surface area (Å²) < 4.78 is 5.02. The van der Waals surface area contributed by atoms with Gasteiger partial charge in [-0.25, -0.2) is 0 Å². The maximum absolute atomic E-state index is 12.4. The molecular formula is C20H33NO2. The summed E-state index contributed by atoms with van der Waals surface area (Å²) in [5, 5.41) is 9.79. The van der Waals surface area contributed by atoms with E-state index in [9.17, 15) is 10.1 Å². The van der Waals surface area contributed by atoms with Crippen LogP contribution in [-0.2, 0) is 9.53 Å². The smallest absolute Gasteiger partial charge is 0.326 e. The van der Waals surface area contributed by atoms with Crippen molar-refractivity contribution < 1.29 is 9.53 Å². The van der Waals surface area contributed by atoms with E-state index >= 15 is 0 Å². The summed E-state index contributed by atoms with van der Waals surface area (Å²) in [6.45, 7) is 0. The van der Waals surface area contributed by atoms with Crippen molar-refractivity contribution in [3.63, 3.8) is 0 Å². The van der Waals surface area contributed by atoms with Crippen molar-refractivity contribution in [2.75, 3.05) is 7.11 Å². The molecule has 2 saturated carbocycles. The lowest BCUT2D eigenvalue weighted by molar-refractivity contribution is -0.150. The van der Waals surface area contributed by atoms with Crippen LogP contribution in [0.3, 0.4) is 0 Å².